The standard InChI is InChI=1S/C27H20BrF2N3O2S/c1-35-18-9-4-14(5-10-18)24-23-20(19-12-16(28)6-11-21(19)31-23)13-22-26(34)32(27(36)33(22)24)17-7-2-15(3-8-17)25(29)30/h2-12,22,24-25,31H,13H2,1H3. The summed E-state index contributed by atoms with van der Waals surface area (Å²) < 4.78 is 32.5. The number of aromatic nitrogens is 1. The quantitative estimate of drug-likeness (QED) is 0.285. The number of hydrogen-bond donors (Lipinski definition) is 1. The summed E-state index contributed by atoms with van der Waals surface area (Å²) in [6.45, 7) is 0. The predicted molar refractivity (Wildman–Crippen MR) is 142 cm³/mol. The van der Waals surface area contributed by atoms with Crippen LogP contribution >= 0.6 is 28.1 Å². The SMILES string of the molecule is COc1ccc(C2c3[nH]c4ccc(Br)cc4c3CC3C(=O)N(c4ccc(C(F)F)cc4)C(=S)N32)cc1. The summed E-state index contributed by atoms with van der Waals surface area (Å²) in [4.78, 5) is 20.8. The summed E-state index contributed by atoms with van der Waals surface area (Å²) in [5.41, 5.74) is 4.37. The van der Waals surface area contributed by atoms with Crippen LogP contribution in [0.2, 0.25) is 0 Å². The minimum Gasteiger partial charge on any atom is -0.497 e. The third-order valence-electron chi connectivity index (χ3n) is 6.94. The summed E-state index contributed by atoms with van der Waals surface area (Å²) >= 11 is 9.44. The molecule has 1 aromatic heterocycles. The van der Waals surface area contributed by atoms with Crippen LogP contribution in [0.1, 0.15) is 34.9 Å². The highest BCUT2D eigenvalue weighted by atomic mass is 79.9. The van der Waals surface area contributed by atoms with E-state index in [1.807, 2.05) is 41.3 Å². The van der Waals surface area contributed by atoms with Crippen LogP contribution in [-0.2, 0) is 11.2 Å². The van der Waals surface area contributed by atoms with Crippen molar-refractivity contribution in [1.82, 2.24) is 9.88 Å². The van der Waals surface area contributed by atoms with Gasteiger partial charge in [-0.15, -0.1) is 0 Å². The Hall–Kier alpha value is -3.30. The number of aromatic amines is 1. The van der Waals surface area contributed by atoms with Crippen LogP contribution in [0.4, 0.5) is 14.5 Å². The Labute approximate surface area is 219 Å². The number of thiocarbonyl (C=S) groups is 1. The molecule has 2 unspecified atom stereocenters. The average Bonchev–Trinajstić information content (AvgIpc) is 3.37. The molecule has 1 saturated heterocycles. The number of rotatable bonds is 4. The second-order valence-corrected chi connectivity index (χ2v) is 10.1. The first kappa shape index (κ1) is 23.1. The van der Waals surface area contributed by atoms with E-state index in [9.17, 15) is 13.6 Å². The molecule has 4 aromatic rings. The van der Waals surface area contributed by atoms with E-state index in [4.69, 9.17) is 17.0 Å². The number of H-pyrrole nitrogens is 1. The van der Waals surface area contributed by atoms with Crippen molar-refractivity contribution >= 4 is 55.8 Å². The molecule has 0 bridgehead atoms. The third-order valence-corrected chi connectivity index (χ3v) is 7.83. The Balaban J connectivity index is 1.49. The van der Waals surface area contributed by atoms with Gasteiger partial charge in [0.1, 0.15) is 11.8 Å². The van der Waals surface area contributed by atoms with E-state index in [0.29, 0.717) is 17.2 Å². The van der Waals surface area contributed by atoms with Crippen LogP contribution in [0.25, 0.3) is 10.9 Å². The first-order valence-corrected chi connectivity index (χ1v) is 12.6. The monoisotopic (exact) mass is 567 g/mol. The molecule has 2 aliphatic rings. The molecule has 2 atom stereocenters. The maximum atomic E-state index is 13.8. The van der Waals surface area contributed by atoms with Gasteiger partial charge in [0, 0.05) is 33.1 Å². The number of carbonyl (C=O) groups excluding carboxylic acids is 1. The number of amides is 1. The second-order valence-electron chi connectivity index (χ2n) is 8.86. The van der Waals surface area contributed by atoms with Crippen molar-refractivity contribution in [3.63, 3.8) is 0 Å². The number of fused-ring (bicyclic) bond motifs is 4. The van der Waals surface area contributed by atoms with Crippen LogP contribution in [-0.4, -0.2) is 34.1 Å². The number of nitrogens with zero attached hydrogens (tertiary/aromatic N) is 2. The molecular formula is C27H20BrF2N3O2S. The first-order chi connectivity index (χ1) is 17.4. The fourth-order valence-corrected chi connectivity index (χ4v) is 6.02. The summed E-state index contributed by atoms with van der Waals surface area (Å²) in [5.74, 6) is 0.561. The Morgan fingerprint density at radius 3 is 2.47 bits per heavy atom. The number of nitrogens with one attached hydrogen (secondary N) is 1. The Kier molecular flexibility index (Phi) is 5.57. The van der Waals surface area contributed by atoms with Gasteiger partial charge in [0.15, 0.2) is 5.11 Å². The van der Waals surface area contributed by atoms with Gasteiger partial charge < -0.3 is 14.6 Å². The fourth-order valence-electron chi connectivity index (χ4n) is 5.23. The molecule has 36 heavy (non-hydrogen) atoms. The summed E-state index contributed by atoms with van der Waals surface area (Å²) in [6.07, 6.45) is -2.10. The lowest BCUT2D eigenvalue weighted by molar-refractivity contribution is -0.120. The molecule has 6 rings (SSSR count). The molecule has 2 aliphatic heterocycles. The van der Waals surface area contributed by atoms with Crippen LogP contribution < -0.4 is 9.64 Å². The Morgan fingerprint density at radius 1 is 1.08 bits per heavy atom. The van der Waals surface area contributed by atoms with Gasteiger partial charge in [-0.05, 0) is 65.8 Å². The molecule has 1 fully saturated rings. The lowest BCUT2D eigenvalue weighted by atomic mass is 9.89. The molecule has 0 aliphatic carbocycles. The van der Waals surface area contributed by atoms with Crippen molar-refractivity contribution < 1.29 is 18.3 Å². The molecular weight excluding hydrogens is 548 g/mol. The molecule has 0 saturated carbocycles. The number of halogens is 3. The summed E-state index contributed by atoms with van der Waals surface area (Å²) in [5, 5.41) is 1.40. The number of anilines is 1. The maximum absolute atomic E-state index is 13.8. The minimum atomic E-state index is -2.58. The molecule has 5 nitrogen and oxygen atoms in total. The molecule has 1 amide bonds. The van der Waals surface area contributed by atoms with Gasteiger partial charge in [-0.1, -0.05) is 40.2 Å². The van der Waals surface area contributed by atoms with Gasteiger partial charge in [0.25, 0.3) is 12.3 Å². The fraction of sp³-hybridized carbons (Fsp3) is 0.185. The number of methoxy groups -OCH3 is 1. The largest absolute Gasteiger partial charge is 0.497 e. The highest BCUT2D eigenvalue weighted by Gasteiger charge is 2.51. The third kappa shape index (κ3) is 3.52. The molecule has 9 heteroatoms. The van der Waals surface area contributed by atoms with Gasteiger partial charge in [-0.2, -0.15) is 0 Å². The van der Waals surface area contributed by atoms with Crippen LogP contribution in [0.15, 0.2) is 71.2 Å². The topological polar surface area (TPSA) is 48.6 Å². The van der Waals surface area contributed by atoms with Crippen molar-refractivity contribution in [2.45, 2.75) is 24.9 Å². The van der Waals surface area contributed by atoms with Crippen molar-refractivity contribution in [3.8, 4) is 5.75 Å². The van der Waals surface area contributed by atoms with Crippen molar-refractivity contribution in [2.24, 2.45) is 0 Å². The molecule has 182 valence electrons. The highest BCUT2D eigenvalue weighted by Crippen LogP contribution is 2.45. The molecule has 3 aromatic carbocycles. The summed E-state index contributed by atoms with van der Waals surface area (Å²) in [6, 6.07) is 18.7. The minimum absolute atomic E-state index is 0.0998. The lowest BCUT2D eigenvalue weighted by Gasteiger charge is -2.37. The van der Waals surface area contributed by atoms with E-state index in [2.05, 4.69) is 27.0 Å². The second kappa shape index (κ2) is 8.67. The van der Waals surface area contributed by atoms with Gasteiger partial charge in [0.2, 0.25) is 0 Å². The smallest absolute Gasteiger partial charge is 0.263 e. The first-order valence-electron chi connectivity index (χ1n) is 11.4. The van der Waals surface area contributed by atoms with Crippen molar-refractivity contribution in [3.05, 3.63) is 93.6 Å². The van der Waals surface area contributed by atoms with E-state index in [1.54, 1.807) is 7.11 Å². The van der Waals surface area contributed by atoms with E-state index >= 15 is 0 Å². The zero-order chi connectivity index (χ0) is 25.1. The average molecular weight is 568 g/mol. The normalized spacial score (nSPS) is 19.2. The summed E-state index contributed by atoms with van der Waals surface area (Å²) in [7, 11) is 1.62. The van der Waals surface area contributed by atoms with Gasteiger partial charge >= 0.3 is 0 Å². The highest BCUT2D eigenvalue weighted by molar-refractivity contribution is 9.10. The number of carbonyl (C=O) groups is 1. The van der Waals surface area contributed by atoms with E-state index in [1.165, 1.54) is 29.2 Å². The van der Waals surface area contributed by atoms with Crippen molar-refractivity contribution in [2.75, 3.05) is 12.0 Å². The van der Waals surface area contributed by atoms with E-state index in [0.717, 1.165) is 37.9 Å². The Bertz CT molecular complexity index is 1500. The van der Waals surface area contributed by atoms with E-state index < -0.39 is 12.5 Å². The Morgan fingerprint density at radius 2 is 1.81 bits per heavy atom. The van der Waals surface area contributed by atoms with Crippen molar-refractivity contribution in [1.29, 1.82) is 0 Å². The number of benzene rings is 3. The zero-order valence-corrected chi connectivity index (χ0v) is 21.4. The van der Waals surface area contributed by atoms with Crippen LogP contribution in [0.3, 0.4) is 0 Å². The van der Waals surface area contributed by atoms with Gasteiger partial charge in [-0.25, -0.2) is 8.78 Å². The number of hydrogen-bond acceptors (Lipinski definition) is 3. The van der Waals surface area contributed by atoms with Gasteiger partial charge in [0.05, 0.1) is 18.8 Å². The van der Waals surface area contributed by atoms with E-state index in [-0.39, 0.29) is 17.5 Å². The molecule has 3 heterocycles. The maximum Gasteiger partial charge on any atom is 0.263 e. The van der Waals surface area contributed by atoms with Crippen LogP contribution in [0, 0.1) is 0 Å². The predicted octanol–water partition coefficient (Wildman–Crippen LogP) is 6.52. The molecule has 0 radical (unpaired) electrons. The molecule has 1 N–H and O–H groups in total. The molecule has 0 spiro atoms. The van der Waals surface area contributed by atoms with Gasteiger partial charge in [-0.3, -0.25) is 9.69 Å². The lowest BCUT2D eigenvalue weighted by Crippen LogP contribution is -2.44. The zero-order valence-electron chi connectivity index (χ0n) is 19.0. The number of ether oxygens (including phenoxy) is 1. The van der Waals surface area contributed by atoms with Crippen LogP contribution in [0.5, 0.6) is 5.75 Å². The number of alkyl halides is 2.